The Morgan fingerprint density at radius 2 is 1.65 bits per heavy atom. The standard InChI is InChI=1S/C19H15Cl2NO3S/c20-15-6-2-1-5-13(15)11-22-19(23)17-10-9-14(25-17)12-26(24)18-8-4-3-7-16(18)21/h1-10H,11-12H2,(H,22,23)/t26-/m1/s1. The van der Waals surface area contributed by atoms with Gasteiger partial charge in [-0.3, -0.25) is 9.00 Å². The lowest BCUT2D eigenvalue weighted by Gasteiger charge is -2.05. The fourth-order valence-electron chi connectivity index (χ4n) is 2.32. The topological polar surface area (TPSA) is 59.3 Å². The molecule has 4 nitrogen and oxygen atoms in total. The van der Waals surface area contributed by atoms with E-state index in [0.29, 0.717) is 27.2 Å². The molecule has 0 fully saturated rings. The van der Waals surface area contributed by atoms with Crippen molar-refractivity contribution >= 4 is 39.9 Å². The summed E-state index contributed by atoms with van der Waals surface area (Å²) in [6, 6.07) is 17.4. The van der Waals surface area contributed by atoms with Gasteiger partial charge in [-0.1, -0.05) is 53.5 Å². The number of amides is 1. The van der Waals surface area contributed by atoms with Gasteiger partial charge in [0.15, 0.2) is 5.76 Å². The summed E-state index contributed by atoms with van der Waals surface area (Å²) in [6.07, 6.45) is 0. The summed E-state index contributed by atoms with van der Waals surface area (Å²) in [5, 5.41) is 3.78. The van der Waals surface area contributed by atoms with Crippen LogP contribution >= 0.6 is 23.2 Å². The lowest BCUT2D eigenvalue weighted by Crippen LogP contribution is -2.22. The minimum Gasteiger partial charge on any atom is -0.455 e. The van der Waals surface area contributed by atoms with Gasteiger partial charge in [0.2, 0.25) is 0 Å². The maximum Gasteiger partial charge on any atom is 0.287 e. The van der Waals surface area contributed by atoms with E-state index < -0.39 is 10.8 Å². The Morgan fingerprint density at radius 3 is 2.38 bits per heavy atom. The van der Waals surface area contributed by atoms with E-state index >= 15 is 0 Å². The third-order valence-electron chi connectivity index (χ3n) is 3.64. The van der Waals surface area contributed by atoms with Crippen molar-refractivity contribution in [1.82, 2.24) is 5.32 Å². The number of carbonyl (C=O) groups is 1. The SMILES string of the molecule is O=C(NCc1ccccc1Cl)c1ccc(C[S@@](=O)c2ccccc2Cl)o1. The third kappa shape index (κ3) is 4.55. The van der Waals surface area contributed by atoms with Crippen LogP contribution in [0, 0.1) is 0 Å². The van der Waals surface area contributed by atoms with Gasteiger partial charge in [-0.15, -0.1) is 0 Å². The molecule has 134 valence electrons. The second kappa shape index (κ2) is 8.54. The molecule has 0 aliphatic heterocycles. The Bertz CT molecular complexity index is 955. The quantitative estimate of drug-likeness (QED) is 0.636. The normalized spacial score (nSPS) is 11.9. The molecule has 0 spiro atoms. The van der Waals surface area contributed by atoms with Gasteiger partial charge in [0.25, 0.3) is 5.91 Å². The molecule has 0 radical (unpaired) electrons. The molecule has 0 saturated carbocycles. The number of hydrogen-bond acceptors (Lipinski definition) is 3. The van der Waals surface area contributed by atoms with E-state index in [2.05, 4.69) is 5.32 Å². The summed E-state index contributed by atoms with van der Waals surface area (Å²) in [6.45, 7) is 0.292. The molecule has 1 amide bonds. The van der Waals surface area contributed by atoms with Crippen LogP contribution in [0.4, 0.5) is 0 Å². The number of rotatable bonds is 6. The van der Waals surface area contributed by atoms with E-state index in [1.54, 1.807) is 42.5 Å². The smallest absolute Gasteiger partial charge is 0.287 e. The minimum absolute atomic E-state index is 0.140. The van der Waals surface area contributed by atoms with Crippen LogP contribution in [0.1, 0.15) is 21.9 Å². The predicted molar refractivity (Wildman–Crippen MR) is 103 cm³/mol. The van der Waals surface area contributed by atoms with Crippen LogP contribution in [-0.2, 0) is 23.1 Å². The van der Waals surface area contributed by atoms with Gasteiger partial charge in [0, 0.05) is 11.6 Å². The lowest BCUT2D eigenvalue weighted by atomic mass is 10.2. The number of furan rings is 1. The molecule has 0 saturated heterocycles. The van der Waals surface area contributed by atoms with Crippen molar-refractivity contribution in [2.24, 2.45) is 0 Å². The first kappa shape index (κ1) is 18.7. The average Bonchev–Trinajstić information content (AvgIpc) is 3.09. The van der Waals surface area contributed by atoms with Crippen molar-refractivity contribution in [3.05, 3.63) is 87.8 Å². The molecule has 0 unspecified atom stereocenters. The first-order valence-corrected chi connectivity index (χ1v) is 9.85. The summed E-state index contributed by atoms with van der Waals surface area (Å²) in [4.78, 5) is 12.7. The van der Waals surface area contributed by atoms with Gasteiger partial charge in [0.1, 0.15) is 5.76 Å². The highest BCUT2D eigenvalue weighted by atomic mass is 35.5. The average molecular weight is 408 g/mol. The van der Waals surface area contributed by atoms with Crippen molar-refractivity contribution in [2.45, 2.75) is 17.2 Å². The fourth-order valence-corrected chi connectivity index (χ4v) is 4.00. The summed E-state index contributed by atoms with van der Waals surface area (Å²) in [5.74, 6) is 0.385. The first-order valence-electron chi connectivity index (χ1n) is 7.78. The van der Waals surface area contributed by atoms with Gasteiger partial charge < -0.3 is 9.73 Å². The van der Waals surface area contributed by atoms with Crippen LogP contribution < -0.4 is 5.32 Å². The second-order valence-electron chi connectivity index (χ2n) is 5.46. The molecule has 0 aliphatic carbocycles. The van der Waals surface area contributed by atoms with Crippen molar-refractivity contribution in [2.75, 3.05) is 0 Å². The van der Waals surface area contributed by atoms with Crippen molar-refractivity contribution in [3.8, 4) is 0 Å². The zero-order chi connectivity index (χ0) is 18.5. The van der Waals surface area contributed by atoms with Crippen LogP contribution in [0.2, 0.25) is 10.0 Å². The van der Waals surface area contributed by atoms with E-state index in [1.807, 2.05) is 18.2 Å². The molecular formula is C19H15Cl2NO3S. The Morgan fingerprint density at radius 1 is 0.962 bits per heavy atom. The van der Waals surface area contributed by atoms with Crippen molar-refractivity contribution in [3.63, 3.8) is 0 Å². The zero-order valence-electron chi connectivity index (χ0n) is 13.6. The summed E-state index contributed by atoms with van der Waals surface area (Å²) in [5.41, 5.74) is 0.814. The van der Waals surface area contributed by atoms with E-state index in [0.717, 1.165) is 5.56 Å². The largest absolute Gasteiger partial charge is 0.455 e. The maximum absolute atomic E-state index is 12.4. The van der Waals surface area contributed by atoms with Crippen LogP contribution in [0.15, 0.2) is 70.0 Å². The molecule has 0 aliphatic rings. The number of halogens is 2. The van der Waals surface area contributed by atoms with Crippen LogP contribution in [-0.4, -0.2) is 10.1 Å². The molecule has 7 heteroatoms. The minimum atomic E-state index is -1.36. The number of benzene rings is 2. The summed E-state index contributed by atoms with van der Waals surface area (Å²) >= 11 is 12.1. The highest BCUT2D eigenvalue weighted by Gasteiger charge is 2.15. The number of carbonyl (C=O) groups excluding carboxylic acids is 1. The second-order valence-corrected chi connectivity index (χ2v) is 7.69. The first-order chi connectivity index (χ1) is 12.5. The molecule has 2 aromatic carbocycles. The molecule has 1 atom stereocenters. The molecule has 26 heavy (non-hydrogen) atoms. The maximum atomic E-state index is 12.4. The highest BCUT2D eigenvalue weighted by Crippen LogP contribution is 2.22. The molecule has 1 heterocycles. The third-order valence-corrected chi connectivity index (χ3v) is 5.84. The van der Waals surface area contributed by atoms with Gasteiger partial charge >= 0.3 is 0 Å². The van der Waals surface area contributed by atoms with Crippen molar-refractivity contribution < 1.29 is 13.4 Å². The Balaban J connectivity index is 1.62. The monoisotopic (exact) mass is 407 g/mol. The van der Waals surface area contributed by atoms with Crippen molar-refractivity contribution in [1.29, 1.82) is 0 Å². The van der Waals surface area contributed by atoms with Gasteiger partial charge in [-0.2, -0.15) is 0 Å². The summed E-state index contributed by atoms with van der Waals surface area (Å²) < 4.78 is 17.9. The Kier molecular flexibility index (Phi) is 6.14. The molecule has 3 rings (SSSR count). The van der Waals surface area contributed by atoms with Gasteiger partial charge in [0.05, 0.1) is 26.5 Å². The molecule has 3 aromatic rings. The van der Waals surface area contributed by atoms with E-state index in [1.165, 1.54) is 0 Å². The lowest BCUT2D eigenvalue weighted by molar-refractivity contribution is 0.0921. The molecule has 1 aromatic heterocycles. The fraction of sp³-hybridized carbons (Fsp3) is 0.105. The molecule has 0 bridgehead atoms. The van der Waals surface area contributed by atoms with Crippen LogP contribution in [0.3, 0.4) is 0 Å². The number of hydrogen-bond donors (Lipinski definition) is 1. The molecular weight excluding hydrogens is 393 g/mol. The molecule has 1 N–H and O–H groups in total. The predicted octanol–water partition coefficient (Wildman–Crippen LogP) is 4.82. The van der Waals surface area contributed by atoms with E-state index in [4.69, 9.17) is 27.6 Å². The van der Waals surface area contributed by atoms with Gasteiger partial charge in [-0.25, -0.2) is 0 Å². The Labute approximate surface area is 163 Å². The van der Waals surface area contributed by atoms with E-state index in [9.17, 15) is 9.00 Å². The van der Waals surface area contributed by atoms with E-state index in [-0.39, 0.29) is 17.4 Å². The van der Waals surface area contributed by atoms with Crippen LogP contribution in [0.5, 0.6) is 0 Å². The number of nitrogens with one attached hydrogen (secondary N) is 1. The highest BCUT2D eigenvalue weighted by molar-refractivity contribution is 7.84. The zero-order valence-corrected chi connectivity index (χ0v) is 15.9. The van der Waals surface area contributed by atoms with Gasteiger partial charge in [-0.05, 0) is 35.9 Å². The Hall–Kier alpha value is -2.08. The van der Waals surface area contributed by atoms with Crippen LogP contribution in [0.25, 0.3) is 0 Å². The summed E-state index contributed by atoms with van der Waals surface area (Å²) in [7, 11) is -1.36.